The first-order valence-electron chi connectivity index (χ1n) is 8.32. The first-order chi connectivity index (χ1) is 12.1. The van der Waals surface area contributed by atoms with Crippen LogP contribution in [0.25, 0.3) is 0 Å². The van der Waals surface area contributed by atoms with Crippen LogP contribution in [0, 0.1) is 0 Å². The van der Waals surface area contributed by atoms with Gasteiger partial charge in [0.25, 0.3) is 0 Å². The minimum atomic E-state index is -0.887. The number of carboxylic acid groups (broad SMARTS) is 2. The van der Waals surface area contributed by atoms with Gasteiger partial charge in [0.1, 0.15) is 0 Å². The van der Waals surface area contributed by atoms with Crippen LogP contribution in [0.3, 0.4) is 0 Å². The first-order valence-corrected chi connectivity index (χ1v) is 8.32. The van der Waals surface area contributed by atoms with E-state index in [2.05, 4.69) is 16.0 Å². The molecule has 0 fully saturated rings. The number of hydrogen-bond acceptors (Lipinski definition) is 6. The molecule has 0 spiro atoms. The highest BCUT2D eigenvalue weighted by atomic mass is 16.5. The molecule has 1 aromatic rings. The molecule has 0 aliphatic rings. The van der Waals surface area contributed by atoms with Gasteiger partial charge in [0.15, 0.2) is 0 Å². The van der Waals surface area contributed by atoms with E-state index in [-0.39, 0.29) is 13.0 Å². The molecule has 140 valence electrons. The SMILES string of the molecule is O=C(O)CNCCNCCNCCOC(CC(=O)O)c1ccccc1. The molecule has 0 radical (unpaired) electrons. The Morgan fingerprint density at radius 1 is 0.880 bits per heavy atom. The molecule has 1 aromatic carbocycles. The van der Waals surface area contributed by atoms with Gasteiger partial charge in [-0.25, -0.2) is 0 Å². The van der Waals surface area contributed by atoms with Crippen molar-refractivity contribution < 1.29 is 24.5 Å². The summed E-state index contributed by atoms with van der Waals surface area (Å²) in [4.78, 5) is 21.3. The number of rotatable bonds is 15. The van der Waals surface area contributed by atoms with Gasteiger partial charge in [0.05, 0.1) is 25.7 Å². The van der Waals surface area contributed by atoms with E-state index >= 15 is 0 Å². The number of carbonyl (C=O) groups is 2. The fraction of sp³-hybridized carbons (Fsp3) is 0.529. The van der Waals surface area contributed by atoms with E-state index in [1.807, 2.05) is 30.3 Å². The highest BCUT2D eigenvalue weighted by Gasteiger charge is 2.15. The second-order valence-corrected chi connectivity index (χ2v) is 5.44. The number of hydrogen-bond donors (Lipinski definition) is 5. The minimum Gasteiger partial charge on any atom is -0.481 e. The summed E-state index contributed by atoms with van der Waals surface area (Å²) >= 11 is 0. The molecule has 1 rings (SSSR count). The molecule has 0 aliphatic carbocycles. The highest BCUT2D eigenvalue weighted by molar-refractivity contribution is 5.69. The van der Waals surface area contributed by atoms with Crippen LogP contribution < -0.4 is 16.0 Å². The Morgan fingerprint density at radius 3 is 2.08 bits per heavy atom. The average Bonchev–Trinajstić information content (AvgIpc) is 2.58. The lowest BCUT2D eigenvalue weighted by Gasteiger charge is -2.17. The monoisotopic (exact) mass is 353 g/mol. The zero-order chi connectivity index (χ0) is 18.3. The van der Waals surface area contributed by atoms with Gasteiger partial charge in [0.2, 0.25) is 0 Å². The largest absolute Gasteiger partial charge is 0.481 e. The van der Waals surface area contributed by atoms with Gasteiger partial charge in [-0.15, -0.1) is 0 Å². The lowest BCUT2D eigenvalue weighted by atomic mass is 10.1. The second-order valence-electron chi connectivity index (χ2n) is 5.44. The Balaban J connectivity index is 2.06. The molecule has 1 unspecified atom stereocenters. The summed E-state index contributed by atoms with van der Waals surface area (Å²) in [5.74, 6) is -1.75. The van der Waals surface area contributed by atoms with Crippen LogP contribution >= 0.6 is 0 Å². The van der Waals surface area contributed by atoms with Crippen LogP contribution in [0.2, 0.25) is 0 Å². The molecule has 0 aromatic heterocycles. The molecule has 1 atom stereocenters. The first kappa shape index (κ1) is 21.0. The molecule has 0 aliphatic heterocycles. The highest BCUT2D eigenvalue weighted by Crippen LogP contribution is 2.20. The molecule has 0 saturated heterocycles. The van der Waals surface area contributed by atoms with Crippen molar-refractivity contribution in [3.05, 3.63) is 35.9 Å². The van der Waals surface area contributed by atoms with Crippen molar-refractivity contribution in [3.63, 3.8) is 0 Å². The van der Waals surface area contributed by atoms with Crippen molar-refractivity contribution in [3.8, 4) is 0 Å². The second kappa shape index (κ2) is 13.3. The molecule has 5 N–H and O–H groups in total. The Labute approximate surface area is 147 Å². The molecule has 8 heteroatoms. The van der Waals surface area contributed by atoms with Crippen molar-refractivity contribution in [2.24, 2.45) is 0 Å². The van der Waals surface area contributed by atoms with Crippen LogP contribution in [-0.4, -0.2) is 68.0 Å². The van der Waals surface area contributed by atoms with Crippen molar-refractivity contribution >= 4 is 11.9 Å². The number of carboxylic acids is 2. The topological polar surface area (TPSA) is 120 Å². The molecule has 0 heterocycles. The lowest BCUT2D eigenvalue weighted by Crippen LogP contribution is -2.35. The maximum absolute atomic E-state index is 11.0. The molecule has 0 amide bonds. The van der Waals surface area contributed by atoms with Crippen molar-refractivity contribution in [2.75, 3.05) is 45.9 Å². The number of benzene rings is 1. The van der Waals surface area contributed by atoms with Gasteiger partial charge in [-0.1, -0.05) is 30.3 Å². The third-order valence-corrected chi connectivity index (χ3v) is 3.36. The zero-order valence-corrected chi connectivity index (χ0v) is 14.2. The van der Waals surface area contributed by atoms with E-state index in [0.717, 1.165) is 18.7 Å². The van der Waals surface area contributed by atoms with Gasteiger partial charge in [0, 0.05) is 32.7 Å². The molecule has 8 nitrogen and oxygen atoms in total. The van der Waals surface area contributed by atoms with Crippen molar-refractivity contribution in [2.45, 2.75) is 12.5 Å². The average molecular weight is 353 g/mol. The van der Waals surface area contributed by atoms with Crippen LogP contribution in [0.1, 0.15) is 18.1 Å². The maximum Gasteiger partial charge on any atom is 0.317 e. The van der Waals surface area contributed by atoms with Gasteiger partial charge in [-0.3, -0.25) is 9.59 Å². The fourth-order valence-electron chi connectivity index (χ4n) is 2.17. The Kier molecular flexibility index (Phi) is 11.2. The Bertz CT molecular complexity index is 498. The smallest absolute Gasteiger partial charge is 0.317 e. The summed E-state index contributed by atoms with van der Waals surface area (Å²) in [7, 11) is 0. The molecular weight excluding hydrogens is 326 g/mol. The van der Waals surface area contributed by atoms with Crippen molar-refractivity contribution in [1.29, 1.82) is 0 Å². The third-order valence-electron chi connectivity index (χ3n) is 3.36. The van der Waals surface area contributed by atoms with E-state index in [1.165, 1.54) is 0 Å². The normalized spacial score (nSPS) is 12.0. The summed E-state index contributed by atoms with van der Waals surface area (Å²) < 4.78 is 5.69. The van der Waals surface area contributed by atoms with Gasteiger partial charge in [-0.05, 0) is 5.56 Å². The van der Waals surface area contributed by atoms with E-state index < -0.39 is 18.0 Å². The summed E-state index contributed by atoms with van der Waals surface area (Å²) in [6.45, 7) is 3.82. The predicted molar refractivity (Wildman–Crippen MR) is 93.6 cm³/mol. The minimum absolute atomic E-state index is 0.0316. The zero-order valence-electron chi connectivity index (χ0n) is 14.2. The predicted octanol–water partition coefficient (Wildman–Crippen LogP) is 0.0724. The lowest BCUT2D eigenvalue weighted by molar-refractivity contribution is -0.140. The van der Waals surface area contributed by atoms with E-state index in [9.17, 15) is 9.59 Å². The maximum atomic E-state index is 11.0. The van der Waals surface area contributed by atoms with Gasteiger partial charge in [-0.2, -0.15) is 0 Å². The molecule has 0 saturated carbocycles. The number of ether oxygens (including phenoxy) is 1. The summed E-state index contributed by atoms with van der Waals surface area (Å²) in [5, 5.41) is 26.6. The van der Waals surface area contributed by atoms with E-state index in [1.54, 1.807) is 0 Å². The van der Waals surface area contributed by atoms with E-state index in [0.29, 0.717) is 26.2 Å². The van der Waals surface area contributed by atoms with Gasteiger partial charge >= 0.3 is 11.9 Å². The fourth-order valence-corrected chi connectivity index (χ4v) is 2.17. The van der Waals surface area contributed by atoms with Crippen LogP contribution in [0.5, 0.6) is 0 Å². The number of nitrogens with one attached hydrogen (secondary N) is 3. The summed E-state index contributed by atoms with van der Waals surface area (Å²) in [6, 6.07) is 9.34. The standard InChI is InChI=1S/C17H27N3O5/c21-16(22)12-15(14-4-2-1-3-5-14)25-11-10-19-7-6-18-8-9-20-13-17(23)24/h1-5,15,18-20H,6-13H2,(H,21,22)(H,23,24). The Morgan fingerprint density at radius 2 is 1.48 bits per heavy atom. The number of aliphatic carboxylic acids is 2. The molecule has 25 heavy (non-hydrogen) atoms. The van der Waals surface area contributed by atoms with Gasteiger partial charge < -0.3 is 30.9 Å². The Hall–Kier alpha value is -2.00. The van der Waals surface area contributed by atoms with Crippen LogP contribution in [0.4, 0.5) is 0 Å². The van der Waals surface area contributed by atoms with Crippen LogP contribution in [-0.2, 0) is 14.3 Å². The van der Waals surface area contributed by atoms with Crippen molar-refractivity contribution in [1.82, 2.24) is 16.0 Å². The third kappa shape index (κ3) is 11.2. The van der Waals surface area contributed by atoms with E-state index in [4.69, 9.17) is 14.9 Å². The molecular formula is C17H27N3O5. The summed E-state index contributed by atoms with van der Waals surface area (Å²) in [6.07, 6.45) is -0.506. The molecule has 0 bridgehead atoms. The quantitative estimate of drug-likeness (QED) is 0.281. The summed E-state index contributed by atoms with van der Waals surface area (Å²) in [5.41, 5.74) is 0.862. The van der Waals surface area contributed by atoms with Crippen LogP contribution in [0.15, 0.2) is 30.3 Å².